The van der Waals surface area contributed by atoms with Gasteiger partial charge in [0.25, 0.3) is 0 Å². The summed E-state index contributed by atoms with van der Waals surface area (Å²) in [5.41, 5.74) is 9.26. The summed E-state index contributed by atoms with van der Waals surface area (Å²) < 4.78 is 0. The topological polar surface area (TPSA) is 24.1 Å². The third kappa shape index (κ3) is 4.42. The van der Waals surface area contributed by atoms with E-state index in [9.17, 15) is 0 Å². The molecule has 7 atom stereocenters. The average Bonchev–Trinajstić information content (AvgIpc) is 3.77. The van der Waals surface area contributed by atoms with Crippen molar-refractivity contribution in [3.63, 3.8) is 0 Å². The van der Waals surface area contributed by atoms with Crippen LogP contribution in [0.25, 0.3) is 22.3 Å². The zero-order valence-electron chi connectivity index (χ0n) is 25.0. The molecule has 42 heavy (non-hydrogen) atoms. The van der Waals surface area contributed by atoms with Gasteiger partial charge in [-0.3, -0.25) is 0 Å². The summed E-state index contributed by atoms with van der Waals surface area (Å²) >= 11 is 0. The zero-order chi connectivity index (χ0) is 28.3. The van der Waals surface area contributed by atoms with Crippen LogP contribution in [-0.4, -0.2) is 32.3 Å². The fourth-order valence-corrected chi connectivity index (χ4v) is 12.6. The van der Waals surface area contributed by atoms with Crippen LogP contribution in [0.15, 0.2) is 72.8 Å². The minimum absolute atomic E-state index is 0.0653. The maximum absolute atomic E-state index is 3.79. The molecule has 0 amide bonds. The van der Waals surface area contributed by atoms with Crippen molar-refractivity contribution in [2.24, 2.45) is 35.5 Å². The Morgan fingerprint density at radius 1 is 0.738 bits per heavy atom. The van der Waals surface area contributed by atoms with Crippen LogP contribution < -0.4 is 10.6 Å². The van der Waals surface area contributed by atoms with Gasteiger partial charge in [0.05, 0.1) is 0 Å². The van der Waals surface area contributed by atoms with Crippen molar-refractivity contribution in [3.05, 3.63) is 83.9 Å². The molecule has 0 aromatic heterocycles. The number of nitrogens with one attached hydrogen (secondary N) is 2. The molecule has 4 heteroatoms. The zero-order valence-corrected chi connectivity index (χ0v) is 27.3. The first-order valence-corrected chi connectivity index (χ1v) is 18.2. The number of benzene rings is 3. The van der Waals surface area contributed by atoms with Crippen LogP contribution in [0.4, 0.5) is 0 Å². The van der Waals surface area contributed by atoms with E-state index in [0.717, 1.165) is 49.9 Å². The lowest BCUT2D eigenvalue weighted by Gasteiger charge is -2.63. The summed E-state index contributed by atoms with van der Waals surface area (Å²) in [4.78, 5) is 0. The predicted molar refractivity (Wildman–Crippen MR) is 184 cm³/mol. The smallest absolute Gasteiger partial charge is 0.0182 e. The third-order valence-corrected chi connectivity index (χ3v) is 14.3. The summed E-state index contributed by atoms with van der Waals surface area (Å²) in [7, 11) is 6.83. The van der Waals surface area contributed by atoms with E-state index in [2.05, 4.69) is 102 Å². The third-order valence-electron chi connectivity index (χ3n) is 12.6. The molecular weight excluding hydrogens is 546 g/mol. The van der Waals surface area contributed by atoms with E-state index in [1.165, 1.54) is 73.4 Å². The molecule has 0 spiro atoms. The summed E-state index contributed by atoms with van der Waals surface area (Å²) in [6.07, 6.45) is 11.0. The number of rotatable bonds is 7. The molecule has 4 bridgehead atoms. The van der Waals surface area contributed by atoms with Gasteiger partial charge in [-0.1, -0.05) is 60.7 Å². The van der Waals surface area contributed by atoms with Crippen LogP contribution in [0, 0.1) is 35.5 Å². The quantitative estimate of drug-likeness (QED) is 0.272. The van der Waals surface area contributed by atoms with E-state index in [1.54, 1.807) is 11.1 Å². The van der Waals surface area contributed by atoms with Crippen molar-refractivity contribution in [2.45, 2.75) is 55.5 Å². The maximum Gasteiger partial charge on any atom is 0.0182 e. The van der Waals surface area contributed by atoms with E-state index in [1.807, 2.05) is 0 Å². The molecule has 4 aliphatic carbocycles. The van der Waals surface area contributed by atoms with E-state index in [0.29, 0.717) is 17.3 Å². The largest absolute Gasteiger partial charge is 0.316 e. The Morgan fingerprint density at radius 2 is 1.29 bits per heavy atom. The lowest BCUT2D eigenvalue weighted by molar-refractivity contribution is -0.0525. The molecule has 6 fully saturated rings. The molecule has 3 aromatic rings. The van der Waals surface area contributed by atoms with Gasteiger partial charge in [0.1, 0.15) is 0 Å². The molecule has 2 N–H and O–H groups in total. The van der Waals surface area contributed by atoms with E-state index in [4.69, 9.17) is 0 Å². The van der Waals surface area contributed by atoms with Gasteiger partial charge in [-0.15, -0.1) is 18.5 Å². The Labute approximate surface area is 258 Å². The lowest BCUT2D eigenvalue weighted by Crippen LogP contribution is -2.56. The molecular formula is C38H48N2P2. The number of hydrogen-bond donors (Lipinski definition) is 2. The van der Waals surface area contributed by atoms with Gasteiger partial charge < -0.3 is 10.6 Å². The fraction of sp³-hybridized carbons (Fsp3) is 0.526. The maximum atomic E-state index is 3.79. The van der Waals surface area contributed by atoms with Crippen molar-refractivity contribution < 1.29 is 0 Å². The van der Waals surface area contributed by atoms with Gasteiger partial charge >= 0.3 is 0 Å². The summed E-state index contributed by atoms with van der Waals surface area (Å²) in [5, 5.41) is 7.65. The molecule has 220 valence electrons. The van der Waals surface area contributed by atoms with Crippen LogP contribution in [0.2, 0.25) is 0 Å². The van der Waals surface area contributed by atoms with Gasteiger partial charge in [0, 0.05) is 5.16 Å². The van der Waals surface area contributed by atoms with Gasteiger partial charge in [0.2, 0.25) is 0 Å². The minimum Gasteiger partial charge on any atom is -0.316 e. The van der Waals surface area contributed by atoms with Gasteiger partial charge in [-0.2, -0.15) is 0 Å². The van der Waals surface area contributed by atoms with E-state index in [-0.39, 0.29) is 5.16 Å². The minimum atomic E-state index is 0.0653. The standard InChI is InChI=1S/C38H48N2P2/c41-24-36-29-16-25-15-26(17-29)21-37(36,20-25)34-18-32(27-7-3-1-4-8-27)33(28-9-5-2-6-10-28)19-35(34)38(42,30-11-13-39-22-30)31-12-14-40-23-31/h1-10,18-19,25-26,29-31,36,39-40H,11-17,20-24,41-42H2. The molecule has 4 saturated carbocycles. The highest BCUT2D eigenvalue weighted by Crippen LogP contribution is 2.66. The van der Waals surface area contributed by atoms with E-state index >= 15 is 0 Å². The lowest BCUT2D eigenvalue weighted by atomic mass is 9.43. The van der Waals surface area contributed by atoms with Crippen molar-refractivity contribution >= 4 is 18.5 Å². The Bertz CT molecular complexity index is 1320. The normalized spacial score (nSPS) is 35.0. The summed E-state index contributed by atoms with van der Waals surface area (Å²) in [5.74, 6) is 4.78. The highest BCUT2D eigenvalue weighted by atomic mass is 31.0. The van der Waals surface area contributed by atoms with Crippen molar-refractivity contribution in [2.75, 3.05) is 32.3 Å². The highest BCUT2D eigenvalue weighted by molar-refractivity contribution is 7.18. The van der Waals surface area contributed by atoms with Crippen molar-refractivity contribution in [1.82, 2.24) is 10.6 Å². The first-order valence-electron chi connectivity index (χ1n) is 16.8. The van der Waals surface area contributed by atoms with Gasteiger partial charge in [-0.25, -0.2) is 0 Å². The Balaban J connectivity index is 1.43. The second-order valence-electron chi connectivity index (χ2n) is 14.6. The number of hydrogen-bond acceptors (Lipinski definition) is 2. The molecule has 3 aromatic carbocycles. The second-order valence-corrected chi connectivity index (χ2v) is 16.0. The fourth-order valence-electron chi connectivity index (χ4n) is 11.0. The van der Waals surface area contributed by atoms with Crippen LogP contribution in [0.1, 0.15) is 56.1 Å². The molecule has 0 radical (unpaired) electrons. The first kappa shape index (κ1) is 28.0. The molecule has 6 aliphatic rings. The monoisotopic (exact) mass is 594 g/mol. The molecule has 7 unspecified atom stereocenters. The highest BCUT2D eigenvalue weighted by Gasteiger charge is 2.59. The average molecular weight is 595 g/mol. The summed E-state index contributed by atoms with van der Waals surface area (Å²) in [6.45, 7) is 4.56. The van der Waals surface area contributed by atoms with E-state index < -0.39 is 0 Å². The SMILES string of the molecule is PCC1C2CC3CC(C2)CC1(c1cc(-c2ccccc2)c(-c2ccccc2)cc1C(P)(C1CCNC1)C1CCNC1)C3. The summed E-state index contributed by atoms with van der Waals surface area (Å²) in [6, 6.07) is 28.1. The molecule has 2 heterocycles. The Kier molecular flexibility index (Phi) is 7.39. The van der Waals surface area contributed by atoms with Gasteiger partial charge in [-0.05, 0) is 164 Å². The predicted octanol–water partition coefficient (Wildman–Crippen LogP) is 7.88. The van der Waals surface area contributed by atoms with Crippen LogP contribution in [-0.2, 0) is 10.6 Å². The second kappa shape index (κ2) is 11.1. The Hall–Kier alpha value is -1.56. The molecule has 9 rings (SSSR count). The first-order chi connectivity index (χ1) is 20.6. The molecule has 2 saturated heterocycles. The molecule has 2 aliphatic heterocycles. The van der Waals surface area contributed by atoms with Crippen LogP contribution >= 0.6 is 18.5 Å². The van der Waals surface area contributed by atoms with Crippen molar-refractivity contribution in [3.8, 4) is 22.3 Å². The Morgan fingerprint density at radius 3 is 1.79 bits per heavy atom. The van der Waals surface area contributed by atoms with Gasteiger partial charge in [0.15, 0.2) is 0 Å². The molecule has 2 nitrogen and oxygen atoms in total. The van der Waals surface area contributed by atoms with Crippen LogP contribution in [0.3, 0.4) is 0 Å². The van der Waals surface area contributed by atoms with Crippen LogP contribution in [0.5, 0.6) is 0 Å². The van der Waals surface area contributed by atoms with Crippen molar-refractivity contribution in [1.29, 1.82) is 0 Å².